The van der Waals surface area contributed by atoms with Crippen molar-refractivity contribution >= 4 is 11.8 Å². The number of nitrogens with zero attached hydrogens (tertiary/aromatic N) is 5. The minimum atomic E-state index is -0.0616. The van der Waals surface area contributed by atoms with Crippen LogP contribution in [0.1, 0.15) is 47.6 Å². The first-order chi connectivity index (χ1) is 14.0. The predicted octanol–water partition coefficient (Wildman–Crippen LogP) is 2.27. The topological polar surface area (TPSA) is 79.3 Å². The number of carbonyl (C=O) groups excluding carboxylic acids is 2. The lowest BCUT2D eigenvalue weighted by Crippen LogP contribution is -2.55. The molecule has 0 bridgehead atoms. The predicted molar refractivity (Wildman–Crippen MR) is 108 cm³/mol. The van der Waals surface area contributed by atoms with E-state index in [0.717, 1.165) is 43.6 Å². The van der Waals surface area contributed by atoms with Gasteiger partial charge in [-0.05, 0) is 38.3 Å². The number of carbonyl (C=O) groups is 2. The van der Waals surface area contributed by atoms with Gasteiger partial charge in [-0.25, -0.2) is 4.98 Å². The molecule has 2 aliphatic rings. The summed E-state index contributed by atoms with van der Waals surface area (Å²) in [4.78, 5) is 42.1. The molecule has 152 valence electrons. The Morgan fingerprint density at radius 3 is 2.79 bits per heavy atom. The van der Waals surface area contributed by atoms with Gasteiger partial charge in [0.15, 0.2) is 0 Å². The van der Waals surface area contributed by atoms with Gasteiger partial charge in [0.1, 0.15) is 5.69 Å². The molecule has 0 aliphatic carbocycles. The number of aryl methyl sites for hydroxylation is 1. The van der Waals surface area contributed by atoms with Gasteiger partial charge in [-0.2, -0.15) is 0 Å². The molecular weight excluding hydrogens is 366 g/mol. The number of pyridine rings is 1. The van der Waals surface area contributed by atoms with Crippen molar-refractivity contribution in [2.75, 3.05) is 26.2 Å². The Kier molecular flexibility index (Phi) is 5.56. The zero-order valence-corrected chi connectivity index (χ0v) is 16.9. The second-order valence-corrected chi connectivity index (χ2v) is 8.26. The summed E-state index contributed by atoms with van der Waals surface area (Å²) < 4.78 is 0. The molecule has 2 aliphatic heterocycles. The fourth-order valence-electron chi connectivity index (χ4n) is 4.48. The van der Waals surface area contributed by atoms with E-state index >= 15 is 0 Å². The summed E-state index contributed by atoms with van der Waals surface area (Å²) in [6, 6.07) is 5.87. The Labute approximate surface area is 171 Å². The molecular formula is C22H27N5O2. The van der Waals surface area contributed by atoms with Crippen molar-refractivity contribution in [2.45, 2.75) is 39.0 Å². The average molecular weight is 393 g/mol. The lowest BCUT2D eigenvalue weighted by molar-refractivity contribution is -0.138. The summed E-state index contributed by atoms with van der Waals surface area (Å²) in [6.45, 7) is 4.65. The van der Waals surface area contributed by atoms with Crippen LogP contribution in [0.15, 0.2) is 36.8 Å². The fraction of sp³-hybridized carbons (Fsp3) is 0.500. The van der Waals surface area contributed by atoms with Gasteiger partial charge in [0.2, 0.25) is 5.91 Å². The average Bonchev–Trinajstić information content (AvgIpc) is 2.75. The summed E-state index contributed by atoms with van der Waals surface area (Å²) >= 11 is 0. The van der Waals surface area contributed by atoms with Crippen LogP contribution in [0.3, 0.4) is 0 Å². The second-order valence-electron chi connectivity index (χ2n) is 8.26. The molecule has 2 fully saturated rings. The van der Waals surface area contributed by atoms with Gasteiger partial charge in [0, 0.05) is 62.5 Å². The summed E-state index contributed by atoms with van der Waals surface area (Å²) in [5.74, 6) is 0.146. The fourth-order valence-corrected chi connectivity index (χ4v) is 4.48. The Balaban J connectivity index is 1.43. The zero-order valence-electron chi connectivity index (χ0n) is 16.9. The molecule has 0 saturated carbocycles. The summed E-state index contributed by atoms with van der Waals surface area (Å²) in [5.41, 5.74) is 2.17. The minimum Gasteiger partial charge on any atom is -0.342 e. The van der Waals surface area contributed by atoms with Crippen molar-refractivity contribution in [3.63, 3.8) is 0 Å². The third kappa shape index (κ3) is 4.44. The zero-order chi connectivity index (χ0) is 20.3. The third-order valence-corrected chi connectivity index (χ3v) is 6.06. The van der Waals surface area contributed by atoms with E-state index in [1.165, 1.54) is 0 Å². The van der Waals surface area contributed by atoms with Crippen molar-refractivity contribution in [2.24, 2.45) is 5.41 Å². The van der Waals surface area contributed by atoms with Crippen LogP contribution in [-0.2, 0) is 11.2 Å². The minimum absolute atomic E-state index is 0.0237. The highest BCUT2D eigenvalue weighted by Crippen LogP contribution is 2.39. The van der Waals surface area contributed by atoms with E-state index in [0.29, 0.717) is 31.7 Å². The molecule has 29 heavy (non-hydrogen) atoms. The van der Waals surface area contributed by atoms with E-state index < -0.39 is 0 Å². The van der Waals surface area contributed by atoms with E-state index in [4.69, 9.17) is 0 Å². The van der Waals surface area contributed by atoms with Gasteiger partial charge in [-0.15, -0.1) is 0 Å². The van der Waals surface area contributed by atoms with Gasteiger partial charge < -0.3 is 9.80 Å². The highest BCUT2D eigenvalue weighted by atomic mass is 16.2. The lowest BCUT2D eigenvalue weighted by Gasteiger charge is -2.48. The maximum Gasteiger partial charge on any atom is 0.274 e. The molecule has 7 heteroatoms. The van der Waals surface area contributed by atoms with Gasteiger partial charge in [-0.3, -0.25) is 19.6 Å². The number of aromatic nitrogens is 3. The van der Waals surface area contributed by atoms with E-state index in [2.05, 4.69) is 15.0 Å². The highest BCUT2D eigenvalue weighted by molar-refractivity contribution is 5.92. The first kappa shape index (κ1) is 19.5. The summed E-state index contributed by atoms with van der Waals surface area (Å²) in [6.07, 6.45) is 9.12. The molecule has 1 unspecified atom stereocenters. The van der Waals surface area contributed by atoms with Gasteiger partial charge in [0.05, 0.1) is 11.9 Å². The van der Waals surface area contributed by atoms with Gasteiger partial charge >= 0.3 is 0 Å². The van der Waals surface area contributed by atoms with Crippen LogP contribution in [0.25, 0.3) is 0 Å². The number of rotatable bonds is 4. The number of hydrogen-bond donors (Lipinski definition) is 0. The molecule has 0 radical (unpaired) electrons. The van der Waals surface area contributed by atoms with E-state index in [9.17, 15) is 9.59 Å². The van der Waals surface area contributed by atoms with Gasteiger partial charge in [-0.1, -0.05) is 6.07 Å². The van der Waals surface area contributed by atoms with Crippen LogP contribution in [0, 0.1) is 12.3 Å². The van der Waals surface area contributed by atoms with Crippen LogP contribution in [-0.4, -0.2) is 62.7 Å². The van der Waals surface area contributed by atoms with Crippen molar-refractivity contribution in [1.82, 2.24) is 24.8 Å². The molecule has 2 saturated heterocycles. The van der Waals surface area contributed by atoms with Crippen molar-refractivity contribution in [3.05, 3.63) is 53.9 Å². The monoisotopic (exact) mass is 393 g/mol. The summed E-state index contributed by atoms with van der Waals surface area (Å²) in [5, 5.41) is 0. The summed E-state index contributed by atoms with van der Waals surface area (Å²) in [7, 11) is 0. The second kappa shape index (κ2) is 8.27. The normalized spacial score (nSPS) is 22.2. The standard InChI is InChI=1S/C22H27N5O2/c1-17-13-25-19(14-24-17)21(29)27-11-4-8-22(16-27)9-6-20(28)26(15-22)12-7-18-5-2-3-10-23-18/h2-3,5,10,13-14H,4,6-9,11-12,15-16H2,1H3. The molecule has 2 aromatic heterocycles. The van der Waals surface area contributed by atoms with Crippen molar-refractivity contribution in [1.29, 1.82) is 0 Å². The molecule has 0 N–H and O–H groups in total. The smallest absolute Gasteiger partial charge is 0.274 e. The Hall–Kier alpha value is -2.83. The molecule has 1 atom stereocenters. The number of piperidine rings is 2. The molecule has 4 heterocycles. The molecule has 2 aromatic rings. The van der Waals surface area contributed by atoms with E-state index in [1.807, 2.05) is 34.9 Å². The maximum atomic E-state index is 12.9. The van der Waals surface area contributed by atoms with Crippen molar-refractivity contribution in [3.8, 4) is 0 Å². The van der Waals surface area contributed by atoms with Crippen molar-refractivity contribution < 1.29 is 9.59 Å². The van der Waals surface area contributed by atoms with Crippen LogP contribution < -0.4 is 0 Å². The SMILES string of the molecule is Cc1cnc(C(=O)N2CCCC3(CCC(=O)N(CCc4ccccn4)C3)C2)cn1. The first-order valence-corrected chi connectivity index (χ1v) is 10.3. The molecule has 7 nitrogen and oxygen atoms in total. The Morgan fingerprint density at radius 1 is 1.14 bits per heavy atom. The molecule has 1 spiro atoms. The molecule has 4 rings (SSSR count). The Bertz CT molecular complexity index is 871. The largest absolute Gasteiger partial charge is 0.342 e. The number of likely N-dealkylation sites (tertiary alicyclic amines) is 2. The first-order valence-electron chi connectivity index (χ1n) is 10.3. The molecule has 0 aromatic carbocycles. The third-order valence-electron chi connectivity index (χ3n) is 6.06. The molecule has 2 amide bonds. The van der Waals surface area contributed by atoms with Crippen LogP contribution in [0.5, 0.6) is 0 Å². The highest BCUT2D eigenvalue weighted by Gasteiger charge is 2.42. The maximum absolute atomic E-state index is 12.9. The number of hydrogen-bond acceptors (Lipinski definition) is 5. The number of amides is 2. The van der Waals surface area contributed by atoms with Crippen LogP contribution in [0.4, 0.5) is 0 Å². The quantitative estimate of drug-likeness (QED) is 0.796. The van der Waals surface area contributed by atoms with E-state index in [1.54, 1.807) is 18.6 Å². The lowest BCUT2D eigenvalue weighted by atomic mass is 9.73. The van der Waals surface area contributed by atoms with Crippen LogP contribution in [0.2, 0.25) is 0 Å². The van der Waals surface area contributed by atoms with Gasteiger partial charge in [0.25, 0.3) is 5.91 Å². The van der Waals surface area contributed by atoms with E-state index in [-0.39, 0.29) is 17.2 Å². The Morgan fingerprint density at radius 2 is 2.03 bits per heavy atom. The van der Waals surface area contributed by atoms with Crippen LogP contribution >= 0.6 is 0 Å².